The van der Waals surface area contributed by atoms with Crippen molar-refractivity contribution in [2.75, 3.05) is 19.5 Å². The maximum atomic E-state index is 11.9. The molecule has 0 aliphatic carbocycles. The topological polar surface area (TPSA) is 107 Å². The van der Waals surface area contributed by atoms with Gasteiger partial charge in [-0.15, -0.1) is 11.8 Å². The molecular formula is C21H26O9S. The van der Waals surface area contributed by atoms with E-state index >= 15 is 0 Å². The molecule has 3 rings (SSSR count). The van der Waals surface area contributed by atoms with Crippen LogP contribution in [-0.4, -0.2) is 67.2 Å². The molecule has 9 nitrogen and oxygen atoms in total. The zero-order valence-electron chi connectivity index (χ0n) is 17.8. The van der Waals surface area contributed by atoms with E-state index in [1.165, 1.54) is 39.6 Å². The number of benzene rings is 1. The summed E-state index contributed by atoms with van der Waals surface area (Å²) in [5, 5.41) is 0. The standard InChI is InChI=1S/C21H26O9S/c1-12(22)26-10-16-17(27-13(2)23)18(28-14(3)24)19-20(29-16)31-11-21(25-4,30-19)15-8-6-5-7-9-15/h5-9,16-20H,10-11H2,1-4H3/t16-,17-,18+,19-,20+,21-/m1/s1. The molecule has 2 saturated heterocycles. The van der Waals surface area contributed by atoms with Gasteiger partial charge in [-0.3, -0.25) is 14.4 Å². The molecule has 2 aliphatic heterocycles. The molecule has 2 fully saturated rings. The fourth-order valence-corrected chi connectivity index (χ4v) is 5.00. The Balaban J connectivity index is 1.94. The molecule has 2 heterocycles. The van der Waals surface area contributed by atoms with Gasteiger partial charge in [-0.05, 0) is 0 Å². The predicted octanol–water partition coefficient (Wildman–Crippen LogP) is 1.77. The lowest BCUT2D eigenvalue weighted by Crippen LogP contribution is -2.64. The lowest BCUT2D eigenvalue weighted by atomic mass is 9.98. The molecule has 10 heteroatoms. The Morgan fingerprint density at radius 2 is 1.68 bits per heavy atom. The Hall–Kier alpha value is -2.14. The third-order valence-electron chi connectivity index (χ3n) is 4.95. The molecule has 31 heavy (non-hydrogen) atoms. The number of esters is 3. The highest BCUT2D eigenvalue weighted by molar-refractivity contribution is 7.99. The molecule has 0 amide bonds. The molecule has 170 valence electrons. The summed E-state index contributed by atoms with van der Waals surface area (Å²) in [4.78, 5) is 35.0. The smallest absolute Gasteiger partial charge is 0.303 e. The molecule has 0 N–H and O–H groups in total. The van der Waals surface area contributed by atoms with Crippen LogP contribution >= 0.6 is 11.8 Å². The van der Waals surface area contributed by atoms with Gasteiger partial charge in [0.05, 0.1) is 5.75 Å². The summed E-state index contributed by atoms with van der Waals surface area (Å²) >= 11 is 1.42. The summed E-state index contributed by atoms with van der Waals surface area (Å²) in [5.74, 6) is -2.39. The Labute approximate surface area is 184 Å². The van der Waals surface area contributed by atoms with Gasteiger partial charge in [-0.1, -0.05) is 30.3 Å². The number of carbonyl (C=O) groups is 3. The zero-order chi connectivity index (χ0) is 22.6. The number of fused-ring (bicyclic) bond motifs is 1. The van der Waals surface area contributed by atoms with E-state index in [0.717, 1.165) is 5.56 Å². The lowest BCUT2D eigenvalue weighted by molar-refractivity contribution is -0.311. The molecule has 0 saturated carbocycles. The van der Waals surface area contributed by atoms with E-state index in [4.69, 9.17) is 28.4 Å². The van der Waals surface area contributed by atoms with Gasteiger partial charge in [0, 0.05) is 33.4 Å². The lowest BCUT2D eigenvalue weighted by Gasteiger charge is -2.51. The normalized spacial score (nSPS) is 32.5. The first-order chi connectivity index (χ1) is 14.8. The first-order valence-corrected chi connectivity index (χ1v) is 10.8. The summed E-state index contributed by atoms with van der Waals surface area (Å²) in [5.41, 5.74) is 0.222. The molecule has 2 aliphatic rings. The van der Waals surface area contributed by atoms with Crippen molar-refractivity contribution < 1.29 is 42.8 Å². The maximum absolute atomic E-state index is 11.9. The van der Waals surface area contributed by atoms with Crippen molar-refractivity contribution in [3.63, 3.8) is 0 Å². The zero-order valence-corrected chi connectivity index (χ0v) is 18.6. The van der Waals surface area contributed by atoms with Gasteiger partial charge in [0.25, 0.3) is 0 Å². The summed E-state index contributed by atoms with van der Waals surface area (Å²) in [6.07, 6.45) is -3.67. The number of hydrogen-bond donors (Lipinski definition) is 0. The van der Waals surface area contributed by atoms with Crippen molar-refractivity contribution in [3.8, 4) is 0 Å². The van der Waals surface area contributed by atoms with Crippen molar-refractivity contribution in [2.45, 2.75) is 56.4 Å². The Morgan fingerprint density at radius 3 is 2.26 bits per heavy atom. The van der Waals surface area contributed by atoms with Gasteiger partial charge in [-0.2, -0.15) is 0 Å². The van der Waals surface area contributed by atoms with Gasteiger partial charge in [0.2, 0.25) is 5.79 Å². The Kier molecular flexibility index (Phi) is 7.58. The van der Waals surface area contributed by atoms with Gasteiger partial charge < -0.3 is 28.4 Å². The fraction of sp³-hybridized carbons (Fsp3) is 0.571. The largest absolute Gasteiger partial charge is 0.463 e. The van der Waals surface area contributed by atoms with E-state index in [1.54, 1.807) is 0 Å². The predicted molar refractivity (Wildman–Crippen MR) is 109 cm³/mol. The molecule has 0 unspecified atom stereocenters. The van der Waals surface area contributed by atoms with E-state index in [0.29, 0.717) is 5.75 Å². The van der Waals surface area contributed by atoms with Crippen LogP contribution in [0.4, 0.5) is 0 Å². The second-order valence-corrected chi connectivity index (χ2v) is 8.30. The molecule has 0 radical (unpaired) electrons. The molecule has 1 aromatic carbocycles. The first kappa shape index (κ1) is 23.5. The Bertz CT molecular complexity index is 801. The quantitative estimate of drug-likeness (QED) is 0.466. The average molecular weight is 454 g/mol. The monoisotopic (exact) mass is 454 g/mol. The van der Waals surface area contributed by atoms with Crippen LogP contribution in [0.5, 0.6) is 0 Å². The molecular weight excluding hydrogens is 428 g/mol. The molecule has 1 aromatic rings. The highest BCUT2D eigenvalue weighted by Gasteiger charge is 2.57. The molecule has 0 spiro atoms. The van der Waals surface area contributed by atoms with Gasteiger partial charge in [0.15, 0.2) is 12.2 Å². The van der Waals surface area contributed by atoms with Gasteiger partial charge in [0.1, 0.15) is 24.3 Å². The number of ether oxygens (including phenoxy) is 6. The second kappa shape index (κ2) is 9.99. The third-order valence-corrected chi connectivity index (χ3v) is 6.21. The van der Waals surface area contributed by atoms with Crippen molar-refractivity contribution >= 4 is 29.7 Å². The minimum absolute atomic E-state index is 0.164. The number of rotatable bonds is 6. The van der Waals surface area contributed by atoms with Crippen LogP contribution in [0, 0.1) is 0 Å². The highest BCUT2D eigenvalue weighted by atomic mass is 32.2. The van der Waals surface area contributed by atoms with Crippen molar-refractivity contribution in [1.29, 1.82) is 0 Å². The number of hydrogen-bond acceptors (Lipinski definition) is 10. The van der Waals surface area contributed by atoms with Crippen LogP contribution in [0.25, 0.3) is 0 Å². The van der Waals surface area contributed by atoms with E-state index in [1.807, 2.05) is 30.3 Å². The van der Waals surface area contributed by atoms with Crippen molar-refractivity contribution in [2.24, 2.45) is 0 Å². The molecule has 0 bridgehead atoms. The van der Waals surface area contributed by atoms with Crippen LogP contribution in [-0.2, 0) is 48.6 Å². The maximum Gasteiger partial charge on any atom is 0.303 e. The molecule has 6 atom stereocenters. The highest BCUT2D eigenvalue weighted by Crippen LogP contribution is 2.45. The van der Waals surface area contributed by atoms with Crippen LogP contribution in [0.3, 0.4) is 0 Å². The summed E-state index contributed by atoms with van der Waals surface area (Å²) in [7, 11) is 1.53. The number of carbonyl (C=O) groups excluding carboxylic acids is 3. The van der Waals surface area contributed by atoms with E-state index in [-0.39, 0.29) is 6.61 Å². The van der Waals surface area contributed by atoms with Crippen LogP contribution in [0.15, 0.2) is 30.3 Å². The van der Waals surface area contributed by atoms with Crippen molar-refractivity contribution in [3.05, 3.63) is 35.9 Å². The second-order valence-electron chi connectivity index (χ2n) is 7.21. The average Bonchev–Trinajstić information content (AvgIpc) is 2.73. The first-order valence-electron chi connectivity index (χ1n) is 9.79. The van der Waals surface area contributed by atoms with Gasteiger partial charge >= 0.3 is 17.9 Å². The van der Waals surface area contributed by atoms with E-state index < -0.39 is 53.5 Å². The van der Waals surface area contributed by atoms with Crippen LogP contribution < -0.4 is 0 Å². The number of methoxy groups -OCH3 is 1. The minimum atomic E-state index is -1.11. The summed E-state index contributed by atoms with van der Waals surface area (Å²) < 4.78 is 34.3. The fourth-order valence-electron chi connectivity index (χ4n) is 3.65. The Morgan fingerprint density at radius 1 is 1.03 bits per heavy atom. The van der Waals surface area contributed by atoms with Crippen LogP contribution in [0.2, 0.25) is 0 Å². The molecule has 0 aromatic heterocycles. The minimum Gasteiger partial charge on any atom is -0.463 e. The van der Waals surface area contributed by atoms with Crippen molar-refractivity contribution in [1.82, 2.24) is 0 Å². The number of thioether (sulfide) groups is 1. The van der Waals surface area contributed by atoms with Crippen LogP contribution in [0.1, 0.15) is 26.3 Å². The van der Waals surface area contributed by atoms with Gasteiger partial charge in [-0.25, -0.2) is 0 Å². The third kappa shape index (κ3) is 5.38. The summed E-state index contributed by atoms with van der Waals surface area (Å²) in [6.45, 7) is 3.59. The van der Waals surface area contributed by atoms with E-state index in [2.05, 4.69) is 0 Å². The van der Waals surface area contributed by atoms with E-state index in [9.17, 15) is 14.4 Å². The summed E-state index contributed by atoms with van der Waals surface area (Å²) in [6, 6.07) is 9.37. The SMILES string of the molecule is CO[C@]1(c2ccccc2)CS[C@@H]2O[C@H](COC(C)=O)[C@@H](OC(C)=O)[C@H](OC(C)=O)[C@H]2O1.